The highest BCUT2D eigenvalue weighted by Crippen LogP contribution is 2.27. The average Bonchev–Trinajstić information content (AvgIpc) is 3.16. The highest BCUT2D eigenvalue weighted by molar-refractivity contribution is 7.81. The van der Waals surface area contributed by atoms with Gasteiger partial charge in [0.1, 0.15) is 46.2 Å². The smallest absolute Gasteiger partial charge is 0.333 e. The van der Waals surface area contributed by atoms with Crippen molar-refractivity contribution in [2.24, 2.45) is 10.8 Å². The second-order valence-electron chi connectivity index (χ2n) is 13.0. The highest BCUT2D eigenvalue weighted by Gasteiger charge is 2.41. The molecule has 16 nitrogen and oxygen atoms in total. The fourth-order valence-corrected chi connectivity index (χ4v) is 4.91. The minimum absolute atomic E-state index is 0.0189. The largest absolute Gasteiger partial charge is 0.465 e. The molecule has 0 heterocycles. The first-order valence-corrected chi connectivity index (χ1v) is 21.9. The van der Waals surface area contributed by atoms with E-state index in [1.54, 1.807) is 6.92 Å². The number of nitrogens with zero attached hydrogens (tertiary/aromatic N) is 1. The third-order valence-electron chi connectivity index (χ3n) is 7.07. The quantitative estimate of drug-likeness (QED) is 0.0249. The number of thiol groups is 6. The van der Waals surface area contributed by atoms with Crippen molar-refractivity contribution >= 4 is 118 Å². The second-order valence-corrected chi connectivity index (χ2v) is 15.7. The van der Waals surface area contributed by atoms with Crippen molar-refractivity contribution in [3.63, 3.8) is 0 Å². The first-order chi connectivity index (χ1) is 27.5. The molecule has 0 aromatic rings. The minimum Gasteiger partial charge on any atom is -0.465 e. The van der Waals surface area contributed by atoms with Crippen molar-refractivity contribution in [3.8, 4) is 0 Å². The zero-order valence-corrected chi connectivity index (χ0v) is 38.9. The highest BCUT2D eigenvalue weighted by atomic mass is 32.1. The summed E-state index contributed by atoms with van der Waals surface area (Å²) in [4.78, 5) is 86.5. The van der Waals surface area contributed by atoms with Gasteiger partial charge in [0.05, 0.1) is 62.6 Å². The molecule has 0 aromatic carbocycles. The standard InChI is InChI=1S/C28H46O13S6.C8H15NO2/c29-21(1-7-42)36-15-27(16-37-22(30)2-8-43,17-38-23(31)3-9-44)13-35-14-28(18-39-24(32)4-10-45,19-40-25(33)5-11-46)20-41-26(34)6-12-47;1-7(2)8(10)11-6-5-9(3)4/h42-47H,1-20H2;1,5-6H2,2-4H3. The number of ether oxygens (including phenoxy) is 8. The van der Waals surface area contributed by atoms with E-state index in [1.807, 2.05) is 19.0 Å². The monoisotopic (exact) mass is 939 g/mol. The summed E-state index contributed by atoms with van der Waals surface area (Å²) in [6.45, 7) is 3.26. The molecule has 336 valence electrons. The Labute approximate surface area is 375 Å². The van der Waals surface area contributed by atoms with Gasteiger partial charge in [0.2, 0.25) is 0 Å². The number of hydrogen-bond donors (Lipinski definition) is 6. The molecule has 0 bridgehead atoms. The lowest BCUT2D eigenvalue weighted by atomic mass is 9.90. The molecule has 58 heavy (non-hydrogen) atoms. The zero-order valence-electron chi connectivity index (χ0n) is 33.5. The molecule has 0 saturated carbocycles. The molecule has 0 aliphatic carbocycles. The van der Waals surface area contributed by atoms with Crippen LogP contribution in [0.4, 0.5) is 0 Å². The topological polar surface area (TPSA) is 197 Å². The van der Waals surface area contributed by atoms with Crippen LogP contribution in [0.3, 0.4) is 0 Å². The number of carbonyl (C=O) groups excluding carboxylic acids is 7. The normalized spacial score (nSPS) is 11.1. The van der Waals surface area contributed by atoms with Crippen molar-refractivity contribution < 1.29 is 71.5 Å². The maximum atomic E-state index is 12.3. The molecule has 0 atom stereocenters. The summed E-state index contributed by atoms with van der Waals surface area (Å²) >= 11 is 24.2. The molecule has 0 aliphatic rings. The molecule has 0 fully saturated rings. The summed E-state index contributed by atoms with van der Waals surface area (Å²) in [7, 11) is 3.85. The fourth-order valence-electron chi connectivity index (χ4n) is 3.81. The Balaban J connectivity index is 0. The van der Waals surface area contributed by atoms with Crippen LogP contribution >= 0.6 is 75.8 Å². The molecule has 0 rings (SSSR count). The second kappa shape index (κ2) is 35.8. The number of esters is 7. The van der Waals surface area contributed by atoms with Crippen molar-refractivity contribution in [1.29, 1.82) is 0 Å². The van der Waals surface area contributed by atoms with E-state index in [2.05, 4.69) is 82.4 Å². The molecule has 0 spiro atoms. The van der Waals surface area contributed by atoms with E-state index in [9.17, 15) is 33.6 Å². The number of hydrogen-bond acceptors (Lipinski definition) is 22. The molecule has 0 N–H and O–H groups in total. The van der Waals surface area contributed by atoms with Gasteiger partial charge in [0.25, 0.3) is 0 Å². The molecular weight excluding hydrogens is 879 g/mol. The number of rotatable bonds is 32. The van der Waals surface area contributed by atoms with Crippen LogP contribution in [0.25, 0.3) is 0 Å². The lowest BCUT2D eigenvalue weighted by Crippen LogP contribution is -2.47. The molecular formula is C36H61NO15S6. The van der Waals surface area contributed by atoms with Crippen LogP contribution in [0.1, 0.15) is 45.4 Å². The third-order valence-corrected chi connectivity index (χ3v) is 8.41. The minimum atomic E-state index is -1.41. The van der Waals surface area contributed by atoms with Crippen LogP contribution in [-0.4, -0.2) is 161 Å². The van der Waals surface area contributed by atoms with E-state index in [0.717, 1.165) is 6.54 Å². The van der Waals surface area contributed by atoms with Crippen LogP contribution in [0.15, 0.2) is 12.2 Å². The van der Waals surface area contributed by atoms with Gasteiger partial charge in [0, 0.05) is 46.6 Å². The van der Waals surface area contributed by atoms with E-state index in [1.165, 1.54) is 0 Å². The third kappa shape index (κ3) is 31.0. The fraction of sp³-hybridized carbons (Fsp3) is 0.750. The summed E-state index contributed by atoms with van der Waals surface area (Å²) in [5.74, 6) is -2.68. The Morgan fingerprint density at radius 2 is 0.690 bits per heavy atom. The van der Waals surface area contributed by atoms with Gasteiger partial charge in [-0.05, 0) is 21.0 Å². The predicted octanol–water partition coefficient (Wildman–Crippen LogP) is 2.82. The number of likely N-dealkylation sites (N-methyl/N-ethyl adjacent to an activating group) is 1. The van der Waals surface area contributed by atoms with Crippen LogP contribution in [0.5, 0.6) is 0 Å². The van der Waals surface area contributed by atoms with Crippen LogP contribution in [0.2, 0.25) is 0 Å². The van der Waals surface area contributed by atoms with Crippen LogP contribution < -0.4 is 0 Å². The Bertz CT molecular complexity index is 1070. The molecule has 22 heteroatoms. The summed E-state index contributed by atoms with van der Waals surface area (Å²) in [5.41, 5.74) is -2.38. The van der Waals surface area contributed by atoms with Crippen molar-refractivity contribution in [2.45, 2.75) is 45.4 Å². The van der Waals surface area contributed by atoms with Gasteiger partial charge >= 0.3 is 41.8 Å². The number of carbonyl (C=O) groups is 7. The summed E-state index contributed by atoms with van der Waals surface area (Å²) in [5, 5.41) is 0. The van der Waals surface area contributed by atoms with E-state index < -0.39 is 46.6 Å². The summed E-state index contributed by atoms with van der Waals surface area (Å²) in [6, 6.07) is 0. The van der Waals surface area contributed by atoms with E-state index in [4.69, 9.17) is 37.9 Å². The van der Waals surface area contributed by atoms with Gasteiger partial charge in [-0.25, -0.2) is 4.79 Å². The maximum absolute atomic E-state index is 12.3. The van der Waals surface area contributed by atoms with Crippen molar-refractivity contribution in [2.75, 3.05) is 115 Å². The molecule has 0 amide bonds. The molecule has 0 aliphatic heterocycles. The van der Waals surface area contributed by atoms with Gasteiger partial charge < -0.3 is 42.8 Å². The molecule has 0 saturated heterocycles. The van der Waals surface area contributed by atoms with E-state index in [-0.39, 0.29) is 132 Å². The van der Waals surface area contributed by atoms with Gasteiger partial charge in [-0.1, -0.05) is 6.58 Å². The first kappa shape index (κ1) is 58.1. The van der Waals surface area contributed by atoms with Crippen LogP contribution in [0, 0.1) is 10.8 Å². The summed E-state index contributed by atoms with van der Waals surface area (Å²) in [6.07, 6.45) is -0.113. The zero-order chi connectivity index (χ0) is 44.4. The summed E-state index contributed by atoms with van der Waals surface area (Å²) < 4.78 is 43.4. The lowest BCUT2D eigenvalue weighted by molar-refractivity contribution is -0.174. The van der Waals surface area contributed by atoms with E-state index in [0.29, 0.717) is 12.2 Å². The lowest BCUT2D eigenvalue weighted by Gasteiger charge is -2.35. The molecule has 0 aromatic heterocycles. The van der Waals surface area contributed by atoms with Gasteiger partial charge in [-0.2, -0.15) is 75.8 Å². The van der Waals surface area contributed by atoms with E-state index >= 15 is 0 Å². The Morgan fingerprint density at radius 3 is 0.879 bits per heavy atom. The van der Waals surface area contributed by atoms with Gasteiger partial charge in [-0.3, -0.25) is 28.8 Å². The van der Waals surface area contributed by atoms with Crippen molar-refractivity contribution in [3.05, 3.63) is 12.2 Å². The molecule has 0 unspecified atom stereocenters. The Morgan fingerprint density at radius 1 is 0.448 bits per heavy atom. The van der Waals surface area contributed by atoms with Crippen LogP contribution in [-0.2, 0) is 71.5 Å². The SMILES string of the molecule is C=C(C)C(=O)OCCN(C)C.O=C(CCS)OCC(COCC(COC(=O)CCS)(COC(=O)CCS)COC(=O)CCS)(COC(=O)CCS)COC(=O)CCS. The average molecular weight is 940 g/mol. The van der Waals surface area contributed by atoms with Crippen molar-refractivity contribution in [1.82, 2.24) is 4.90 Å². The van der Waals surface area contributed by atoms with Gasteiger partial charge in [0.15, 0.2) is 0 Å². The maximum Gasteiger partial charge on any atom is 0.333 e. The Kier molecular flexibility index (Phi) is 35.9. The predicted molar refractivity (Wildman–Crippen MR) is 237 cm³/mol. The first-order valence-electron chi connectivity index (χ1n) is 18.1. The Hall–Kier alpha value is -1.95. The molecule has 0 radical (unpaired) electrons. The van der Waals surface area contributed by atoms with Gasteiger partial charge in [-0.15, -0.1) is 0 Å².